The van der Waals surface area contributed by atoms with Crippen molar-refractivity contribution in [2.45, 2.75) is 68.2 Å². The molecule has 0 amide bonds. The Labute approximate surface area is 118 Å². The van der Waals surface area contributed by atoms with Gasteiger partial charge in [0.25, 0.3) is 0 Å². The van der Waals surface area contributed by atoms with E-state index in [-0.39, 0.29) is 21.8 Å². The van der Waals surface area contributed by atoms with Crippen LogP contribution in [-0.2, 0) is 0 Å². The van der Waals surface area contributed by atoms with Gasteiger partial charge in [-0.15, -0.1) is 0 Å². The molecular weight excluding hydrogens is 238 g/mol. The van der Waals surface area contributed by atoms with E-state index >= 15 is 0 Å². The lowest BCUT2D eigenvalue weighted by Gasteiger charge is -2.42. The van der Waals surface area contributed by atoms with Crippen molar-refractivity contribution in [3.8, 4) is 0 Å². The van der Waals surface area contributed by atoms with Gasteiger partial charge in [-0.25, -0.2) is 0 Å². The van der Waals surface area contributed by atoms with Crippen LogP contribution in [0.25, 0.3) is 0 Å². The molecule has 0 aliphatic heterocycles. The van der Waals surface area contributed by atoms with Crippen LogP contribution in [0.1, 0.15) is 68.2 Å². The summed E-state index contributed by atoms with van der Waals surface area (Å²) in [5, 5.41) is 13.2. The van der Waals surface area contributed by atoms with Crippen LogP contribution in [0.3, 0.4) is 0 Å². The topological polar surface area (TPSA) is 32.6 Å². The van der Waals surface area contributed by atoms with Gasteiger partial charge >= 0.3 is 0 Å². The molecule has 2 atom stereocenters. The Kier molecular flexibility index (Phi) is 8.14. The molecule has 0 aliphatic carbocycles. The van der Waals surface area contributed by atoms with Crippen LogP contribution in [0.5, 0.6) is 0 Å². The van der Waals surface area contributed by atoms with E-state index in [2.05, 4.69) is 60.5 Å². The predicted octanol–water partition coefficient (Wildman–Crippen LogP) is 3.51. The Morgan fingerprint density at radius 1 is 0.944 bits per heavy atom. The van der Waals surface area contributed by atoms with Gasteiger partial charge in [-0.3, -0.25) is 0 Å². The molecule has 0 saturated carbocycles. The van der Waals surface area contributed by atoms with Crippen molar-refractivity contribution >= 4 is 16.7 Å². The summed E-state index contributed by atoms with van der Waals surface area (Å²) in [7, 11) is 0. The van der Waals surface area contributed by atoms with Gasteiger partial charge in [-0.1, -0.05) is 73.4 Å². The highest BCUT2D eigenvalue weighted by molar-refractivity contribution is 5.94. The predicted molar refractivity (Wildman–Crippen MR) is 87.0 cm³/mol. The van der Waals surface area contributed by atoms with Gasteiger partial charge in [0.05, 0.1) is 5.71 Å². The number of nitrogens with zero attached hydrogens (tertiary/aromatic N) is 1. The minimum absolute atomic E-state index is 0. The van der Waals surface area contributed by atoms with E-state index in [9.17, 15) is 5.21 Å². The first kappa shape index (κ1) is 20.0. The smallest absolute Gasteiger partial charge is 0.0688 e. The lowest BCUT2D eigenvalue weighted by Crippen LogP contribution is -2.44. The van der Waals surface area contributed by atoms with Gasteiger partial charge in [0.15, 0.2) is 0 Å². The summed E-state index contributed by atoms with van der Waals surface area (Å²) in [6, 6.07) is 0. The third-order valence-corrected chi connectivity index (χ3v) is 5.01. The third-order valence-electron chi connectivity index (χ3n) is 5.01. The van der Waals surface area contributed by atoms with Crippen LogP contribution in [0, 0.1) is 22.7 Å². The summed E-state index contributed by atoms with van der Waals surface area (Å²) >= 11 is 0. The van der Waals surface area contributed by atoms with E-state index in [1.165, 1.54) is 0 Å². The first-order chi connectivity index (χ1) is 7.66. The van der Waals surface area contributed by atoms with Gasteiger partial charge in [0, 0.05) is 10.8 Å². The van der Waals surface area contributed by atoms with Crippen molar-refractivity contribution in [1.29, 1.82) is 0 Å². The quantitative estimate of drug-likeness (QED) is 0.341. The van der Waals surface area contributed by atoms with Gasteiger partial charge in [-0.05, 0) is 22.8 Å². The molecule has 0 fully saturated rings. The highest BCUT2D eigenvalue weighted by Gasteiger charge is 2.42. The highest BCUT2D eigenvalue weighted by atomic mass is 28.1. The van der Waals surface area contributed by atoms with Crippen LogP contribution in [0.2, 0.25) is 0 Å². The minimum Gasteiger partial charge on any atom is -0.411 e. The van der Waals surface area contributed by atoms with Gasteiger partial charge < -0.3 is 5.21 Å². The third kappa shape index (κ3) is 3.84. The fraction of sp³-hybridized carbons (Fsp3) is 0.933. The largest absolute Gasteiger partial charge is 0.411 e. The average Bonchev–Trinajstić information content (AvgIpc) is 2.26. The second kappa shape index (κ2) is 7.32. The Balaban J connectivity index is 0. The van der Waals surface area contributed by atoms with Crippen LogP contribution in [0.15, 0.2) is 5.16 Å². The zero-order valence-corrected chi connectivity index (χ0v) is 13.0. The van der Waals surface area contributed by atoms with Crippen molar-refractivity contribution in [3.05, 3.63) is 0 Å². The summed E-state index contributed by atoms with van der Waals surface area (Å²) in [6.45, 7) is 17.6. The van der Waals surface area contributed by atoms with E-state index in [4.69, 9.17) is 0 Å². The Hall–Kier alpha value is -0.313. The molecule has 0 aliphatic rings. The van der Waals surface area contributed by atoms with Crippen LogP contribution >= 0.6 is 0 Å². The molecule has 0 aromatic carbocycles. The molecule has 3 heteroatoms. The lowest BCUT2D eigenvalue weighted by atomic mass is 9.62. The van der Waals surface area contributed by atoms with Gasteiger partial charge in [0.1, 0.15) is 0 Å². The molecule has 18 heavy (non-hydrogen) atoms. The average molecular weight is 274 g/mol. The van der Waals surface area contributed by atoms with E-state index in [1.807, 2.05) is 0 Å². The van der Waals surface area contributed by atoms with E-state index in [1.54, 1.807) is 0 Å². The maximum absolute atomic E-state index is 9.47. The summed E-state index contributed by atoms with van der Waals surface area (Å²) in [5.41, 5.74) is 0.820. The monoisotopic (exact) mass is 273 g/mol. The van der Waals surface area contributed by atoms with E-state index in [0.29, 0.717) is 11.8 Å². The molecular formula is C15H35NOSi. The standard InChI is InChI=1S/C15H31NO.H4Si/c1-9-11(3)14(5,6)13(16-17)15(7,8)12(4)10-2;/h11-12,17H,9-10H2,1-8H3;1H4. The van der Waals surface area contributed by atoms with Gasteiger partial charge in [-0.2, -0.15) is 0 Å². The first-order valence-corrected chi connectivity index (χ1v) is 6.89. The minimum atomic E-state index is -0.0591. The van der Waals surface area contributed by atoms with Crippen LogP contribution in [0.4, 0.5) is 0 Å². The number of rotatable bonds is 6. The van der Waals surface area contributed by atoms with Gasteiger partial charge in [0.2, 0.25) is 0 Å². The number of hydrogen-bond acceptors (Lipinski definition) is 2. The van der Waals surface area contributed by atoms with Crippen LogP contribution < -0.4 is 0 Å². The summed E-state index contributed by atoms with van der Waals surface area (Å²) < 4.78 is 0. The maximum Gasteiger partial charge on any atom is 0.0688 e. The molecule has 0 rings (SSSR count). The molecule has 0 heterocycles. The Morgan fingerprint density at radius 3 is 1.39 bits per heavy atom. The normalized spacial score (nSPS) is 15.6. The van der Waals surface area contributed by atoms with E-state index in [0.717, 1.165) is 18.6 Å². The zero-order chi connectivity index (χ0) is 13.9. The zero-order valence-electron chi connectivity index (χ0n) is 13.0. The Bertz CT molecular complexity index is 248. The second-order valence-corrected chi connectivity index (χ2v) is 6.51. The fourth-order valence-electron chi connectivity index (χ4n) is 2.58. The van der Waals surface area contributed by atoms with E-state index < -0.39 is 0 Å². The fourth-order valence-corrected chi connectivity index (χ4v) is 2.58. The molecule has 2 unspecified atom stereocenters. The SMILES string of the molecule is CCC(C)C(C)(C)C(=NO)C(C)(C)C(C)CC.[SiH4]. The molecule has 0 spiro atoms. The molecule has 1 N–H and O–H groups in total. The van der Waals surface area contributed by atoms with Crippen molar-refractivity contribution in [2.24, 2.45) is 27.8 Å². The highest BCUT2D eigenvalue weighted by Crippen LogP contribution is 2.42. The van der Waals surface area contributed by atoms with Crippen LogP contribution in [-0.4, -0.2) is 21.9 Å². The molecule has 0 radical (unpaired) electrons. The van der Waals surface area contributed by atoms with Crippen molar-refractivity contribution in [3.63, 3.8) is 0 Å². The van der Waals surface area contributed by atoms with Crippen molar-refractivity contribution in [1.82, 2.24) is 0 Å². The Morgan fingerprint density at radius 2 is 1.22 bits per heavy atom. The summed E-state index contributed by atoms with van der Waals surface area (Å²) in [5.74, 6) is 1.02. The lowest BCUT2D eigenvalue weighted by molar-refractivity contribution is 0.224. The second-order valence-electron chi connectivity index (χ2n) is 6.51. The van der Waals surface area contributed by atoms with Crippen molar-refractivity contribution in [2.75, 3.05) is 0 Å². The molecule has 0 bridgehead atoms. The van der Waals surface area contributed by atoms with Crippen molar-refractivity contribution < 1.29 is 5.21 Å². The molecule has 0 aromatic heterocycles. The number of hydrogen-bond donors (Lipinski definition) is 1. The maximum atomic E-state index is 9.47. The molecule has 0 saturated heterocycles. The summed E-state index contributed by atoms with van der Waals surface area (Å²) in [6.07, 6.45) is 2.20. The summed E-state index contributed by atoms with van der Waals surface area (Å²) in [4.78, 5) is 0. The number of oxime groups is 1. The molecule has 110 valence electrons. The molecule has 2 nitrogen and oxygen atoms in total. The first-order valence-electron chi connectivity index (χ1n) is 6.89. The molecule has 0 aromatic rings.